The number of alkyl halides is 3. The Hall–Kier alpha value is -8.92. The highest BCUT2D eigenvalue weighted by Gasteiger charge is 2.35. The molecule has 2 aromatic heterocycles. The molecular formula is C62H38F3N3. The zero-order valence-electron chi connectivity index (χ0n) is 36.4. The number of aromatic nitrogens is 2. The molecule has 0 spiro atoms. The molecule has 2 heterocycles. The van der Waals surface area contributed by atoms with E-state index in [1.165, 1.54) is 12.1 Å². The fourth-order valence-corrected chi connectivity index (χ4v) is 10.0. The third-order valence-corrected chi connectivity index (χ3v) is 13.2. The van der Waals surface area contributed by atoms with Crippen molar-refractivity contribution >= 4 is 49.3 Å². The highest BCUT2D eigenvalue weighted by Crippen LogP contribution is 2.49. The second-order valence-electron chi connectivity index (χ2n) is 17.0. The van der Waals surface area contributed by atoms with Crippen LogP contribution in [0.4, 0.5) is 18.9 Å². The fourth-order valence-electron chi connectivity index (χ4n) is 10.0. The SMILES string of the molecule is [C-]#[N+]c1c(-n2c3cc(-c4ccccc4)ccc3c3ccc(-c4ccccc4)cc32)ccc(-c2ccccc2C(F)(F)F)c1-n1c2cc(-c3ccccc3)ccc2c2ccc(-c3ccccc3)cc21. The van der Waals surface area contributed by atoms with Crippen LogP contribution in [0.2, 0.25) is 0 Å². The van der Waals surface area contributed by atoms with Crippen molar-refractivity contribution in [2.45, 2.75) is 6.18 Å². The van der Waals surface area contributed by atoms with Crippen LogP contribution < -0.4 is 0 Å². The summed E-state index contributed by atoms with van der Waals surface area (Å²) >= 11 is 0. The van der Waals surface area contributed by atoms with Gasteiger partial charge in [-0.2, -0.15) is 13.2 Å². The number of fused-ring (bicyclic) bond motifs is 6. The first-order valence-corrected chi connectivity index (χ1v) is 22.4. The van der Waals surface area contributed by atoms with Crippen molar-refractivity contribution < 1.29 is 13.2 Å². The van der Waals surface area contributed by atoms with Gasteiger partial charge in [-0.05, 0) is 92.0 Å². The highest BCUT2D eigenvalue weighted by atomic mass is 19.4. The van der Waals surface area contributed by atoms with Crippen molar-refractivity contribution in [3.8, 4) is 67.0 Å². The van der Waals surface area contributed by atoms with Crippen molar-refractivity contribution in [1.29, 1.82) is 0 Å². The van der Waals surface area contributed by atoms with Gasteiger partial charge in [0.1, 0.15) is 0 Å². The molecule has 6 heteroatoms. The van der Waals surface area contributed by atoms with Crippen molar-refractivity contribution in [3.63, 3.8) is 0 Å². The molecule has 0 fully saturated rings. The molecule has 0 N–H and O–H groups in total. The summed E-state index contributed by atoms with van der Waals surface area (Å²) in [5.74, 6) is 0. The minimum atomic E-state index is -4.68. The first-order valence-electron chi connectivity index (χ1n) is 22.4. The second-order valence-corrected chi connectivity index (χ2v) is 17.0. The van der Waals surface area contributed by atoms with E-state index in [1.807, 2.05) is 108 Å². The van der Waals surface area contributed by atoms with Gasteiger partial charge in [0.25, 0.3) is 0 Å². The number of benzene rings is 10. The fraction of sp³-hybridized carbons (Fsp3) is 0.0161. The van der Waals surface area contributed by atoms with Gasteiger partial charge in [0.2, 0.25) is 5.69 Å². The maximum absolute atomic E-state index is 15.3. The Morgan fingerprint density at radius 3 is 1.06 bits per heavy atom. The molecule has 0 radical (unpaired) electrons. The molecule has 0 bridgehead atoms. The van der Waals surface area contributed by atoms with Crippen LogP contribution in [0.15, 0.2) is 231 Å². The maximum atomic E-state index is 15.3. The molecule has 0 saturated carbocycles. The molecule has 0 aliphatic heterocycles. The van der Waals surface area contributed by atoms with Gasteiger partial charge < -0.3 is 9.13 Å². The number of nitrogens with zero attached hydrogens (tertiary/aromatic N) is 3. The standard InChI is InChI=1S/C62H38F3N3/c1-66-60-55(67-56-36-44(40-16-6-2-7-17-40)26-30-49(56)50-31-27-45(37-57(50)67)41-18-8-3-9-19-41)35-34-53(48-24-14-15-25-54(48)62(63,64)65)61(60)68-58-38-46(42-20-10-4-11-21-42)28-32-51(58)52-33-29-47(39-59(52)68)43-22-12-5-13-23-43/h2-39H. The average Bonchev–Trinajstić information content (AvgIpc) is 3.89. The van der Waals surface area contributed by atoms with E-state index >= 15 is 13.2 Å². The van der Waals surface area contributed by atoms with E-state index in [2.05, 4.69) is 106 Å². The van der Waals surface area contributed by atoms with E-state index in [1.54, 1.807) is 12.1 Å². The van der Waals surface area contributed by atoms with Crippen molar-refractivity contribution in [2.75, 3.05) is 0 Å². The van der Waals surface area contributed by atoms with Gasteiger partial charge >= 0.3 is 6.18 Å². The van der Waals surface area contributed by atoms with Gasteiger partial charge in [0.05, 0.1) is 45.6 Å². The van der Waals surface area contributed by atoms with Crippen molar-refractivity contribution in [2.24, 2.45) is 0 Å². The van der Waals surface area contributed by atoms with Crippen molar-refractivity contribution in [1.82, 2.24) is 9.13 Å². The van der Waals surface area contributed by atoms with Gasteiger partial charge in [-0.1, -0.05) is 194 Å². The van der Waals surface area contributed by atoms with Crippen LogP contribution in [0.25, 0.3) is 115 Å². The van der Waals surface area contributed by atoms with Crippen molar-refractivity contribution in [3.05, 3.63) is 248 Å². The number of hydrogen-bond donors (Lipinski definition) is 0. The van der Waals surface area contributed by atoms with Crippen LogP contribution in [0, 0.1) is 6.57 Å². The predicted octanol–water partition coefficient (Wildman–Crippen LogP) is 17.8. The van der Waals surface area contributed by atoms with E-state index in [0.29, 0.717) is 11.4 Å². The summed E-state index contributed by atoms with van der Waals surface area (Å²) < 4.78 is 50.1. The van der Waals surface area contributed by atoms with E-state index in [-0.39, 0.29) is 16.8 Å². The van der Waals surface area contributed by atoms with Crippen LogP contribution in [0.3, 0.4) is 0 Å². The second kappa shape index (κ2) is 16.2. The predicted molar refractivity (Wildman–Crippen MR) is 274 cm³/mol. The minimum absolute atomic E-state index is 0.0140. The number of halogens is 3. The van der Waals surface area contributed by atoms with Crippen LogP contribution in [-0.4, -0.2) is 9.13 Å². The Morgan fingerprint density at radius 2 is 0.691 bits per heavy atom. The molecule has 12 aromatic rings. The average molecular weight is 882 g/mol. The van der Waals surface area contributed by atoms with E-state index in [4.69, 9.17) is 0 Å². The molecular weight excluding hydrogens is 844 g/mol. The van der Waals surface area contributed by atoms with Crippen LogP contribution in [0.5, 0.6) is 0 Å². The summed E-state index contributed by atoms with van der Waals surface area (Å²) in [6.07, 6.45) is -4.68. The Balaban J connectivity index is 1.25. The number of rotatable bonds is 7. The molecule has 0 unspecified atom stereocenters. The summed E-state index contributed by atoms with van der Waals surface area (Å²) in [7, 11) is 0. The molecule has 322 valence electrons. The topological polar surface area (TPSA) is 14.2 Å². The van der Waals surface area contributed by atoms with Gasteiger partial charge in [-0.25, -0.2) is 4.85 Å². The quantitative estimate of drug-likeness (QED) is 0.142. The normalized spacial score (nSPS) is 11.7. The smallest absolute Gasteiger partial charge is 0.319 e. The summed E-state index contributed by atoms with van der Waals surface area (Å²) in [6.45, 7) is 9.28. The lowest BCUT2D eigenvalue weighted by atomic mass is 9.95. The molecule has 0 saturated heterocycles. The molecule has 0 amide bonds. The molecule has 68 heavy (non-hydrogen) atoms. The largest absolute Gasteiger partial charge is 0.417 e. The monoisotopic (exact) mass is 881 g/mol. The molecule has 0 atom stereocenters. The van der Waals surface area contributed by atoms with E-state index < -0.39 is 11.7 Å². The third kappa shape index (κ3) is 6.75. The Labute approximate surface area is 390 Å². The first kappa shape index (κ1) is 40.6. The maximum Gasteiger partial charge on any atom is 0.417 e. The molecule has 3 nitrogen and oxygen atoms in total. The molecule has 10 aromatic carbocycles. The summed E-state index contributed by atoms with van der Waals surface area (Å²) in [5.41, 5.74) is 11.8. The number of hydrogen-bond acceptors (Lipinski definition) is 0. The molecule has 0 aliphatic rings. The van der Waals surface area contributed by atoms with Gasteiger partial charge in [0, 0.05) is 21.5 Å². The van der Waals surface area contributed by atoms with Gasteiger partial charge in [-0.3, -0.25) is 0 Å². The molecule has 12 rings (SSSR count). The van der Waals surface area contributed by atoms with Crippen LogP contribution in [0.1, 0.15) is 5.56 Å². The highest BCUT2D eigenvalue weighted by molar-refractivity contribution is 6.14. The first-order chi connectivity index (χ1) is 33.3. The lowest BCUT2D eigenvalue weighted by Crippen LogP contribution is -2.09. The summed E-state index contributed by atoms with van der Waals surface area (Å²) in [6, 6.07) is 75.2. The van der Waals surface area contributed by atoms with E-state index in [9.17, 15) is 6.57 Å². The Kier molecular flexibility index (Phi) is 9.67. The molecule has 0 aliphatic carbocycles. The minimum Gasteiger partial charge on any atom is -0.319 e. The summed E-state index contributed by atoms with van der Waals surface area (Å²) in [5, 5.41) is 3.79. The van der Waals surface area contributed by atoms with E-state index in [0.717, 1.165) is 94.2 Å². The summed E-state index contributed by atoms with van der Waals surface area (Å²) in [4.78, 5) is 4.44. The lowest BCUT2D eigenvalue weighted by molar-refractivity contribution is -0.137. The van der Waals surface area contributed by atoms with Gasteiger partial charge in [0.15, 0.2) is 0 Å². The van der Waals surface area contributed by atoms with Gasteiger partial charge in [-0.15, -0.1) is 0 Å². The van der Waals surface area contributed by atoms with Crippen LogP contribution in [-0.2, 0) is 6.18 Å². The third-order valence-electron chi connectivity index (χ3n) is 13.2. The zero-order chi connectivity index (χ0) is 45.9. The Morgan fingerprint density at radius 1 is 0.338 bits per heavy atom. The Bertz CT molecular complexity index is 3740. The zero-order valence-corrected chi connectivity index (χ0v) is 36.4. The lowest BCUT2D eigenvalue weighted by Gasteiger charge is -2.22. The van der Waals surface area contributed by atoms with Crippen LogP contribution >= 0.6 is 0 Å².